The molecule has 0 aliphatic heterocycles. The minimum atomic E-state index is -0.795. The highest BCUT2D eigenvalue weighted by molar-refractivity contribution is 5.88. The number of ether oxygens (including phenoxy) is 2. The molecule has 0 saturated carbocycles. The lowest BCUT2D eigenvalue weighted by Crippen LogP contribution is -2.30. The van der Waals surface area contributed by atoms with Gasteiger partial charge >= 0.3 is 11.9 Å². The summed E-state index contributed by atoms with van der Waals surface area (Å²) in [4.78, 5) is 37.4. The Kier molecular flexibility index (Phi) is 3.76. The Morgan fingerprint density at radius 3 is 2.62 bits per heavy atom. The molecule has 7 nitrogen and oxygen atoms in total. The molecule has 0 atom stereocenters. The molecule has 0 amide bonds. The Hall–Kier alpha value is -2.18. The van der Waals surface area contributed by atoms with Crippen LogP contribution in [0.3, 0.4) is 0 Å². The van der Waals surface area contributed by atoms with Gasteiger partial charge in [0.1, 0.15) is 12.1 Å². The van der Waals surface area contributed by atoms with Crippen molar-refractivity contribution < 1.29 is 19.1 Å². The third-order valence-electron chi connectivity index (χ3n) is 1.83. The van der Waals surface area contributed by atoms with Crippen molar-refractivity contribution in [1.29, 1.82) is 0 Å². The van der Waals surface area contributed by atoms with Crippen molar-refractivity contribution in [2.24, 2.45) is 0 Å². The van der Waals surface area contributed by atoms with Gasteiger partial charge in [0.25, 0.3) is 5.56 Å². The molecule has 86 valence electrons. The maximum atomic E-state index is 11.6. The van der Waals surface area contributed by atoms with Gasteiger partial charge in [-0.15, -0.1) is 0 Å². The Bertz CT molecular complexity index is 465. The highest BCUT2D eigenvalue weighted by Gasteiger charge is 2.14. The molecule has 16 heavy (non-hydrogen) atoms. The SMILES string of the molecule is COC(=O)Cn1cncc(C(=O)OC)c1=O. The van der Waals surface area contributed by atoms with Crippen LogP contribution in [0, 0.1) is 0 Å². The largest absolute Gasteiger partial charge is 0.468 e. The van der Waals surface area contributed by atoms with Gasteiger partial charge in [0.15, 0.2) is 0 Å². The maximum Gasteiger partial charge on any atom is 0.345 e. The summed E-state index contributed by atoms with van der Waals surface area (Å²) in [6.45, 7) is -0.298. The van der Waals surface area contributed by atoms with E-state index in [1.807, 2.05) is 0 Å². The lowest BCUT2D eigenvalue weighted by atomic mass is 10.3. The maximum absolute atomic E-state index is 11.6. The quantitative estimate of drug-likeness (QED) is 0.627. The van der Waals surface area contributed by atoms with Crippen LogP contribution < -0.4 is 5.56 Å². The van der Waals surface area contributed by atoms with Gasteiger partial charge in [-0.1, -0.05) is 0 Å². The molecule has 0 saturated heterocycles. The molecule has 0 bridgehead atoms. The molecule has 0 fully saturated rings. The van der Waals surface area contributed by atoms with E-state index < -0.39 is 17.5 Å². The number of esters is 2. The lowest BCUT2D eigenvalue weighted by molar-refractivity contribution is -0.141. The number of carbonyl (C=O) groups excluding carboxylic acids is 2. The average molecular weight is 226 g/mol. The fraction of sp³-hybridized carbons (Fsp3) is 0.333. The first kappa shape index (κ1) is 11.9. The molecule has 0 aliphatic rings. The lowest BCUT2D eigenvalue weighted by Gasteiger charge is -2.04. The Balaban J connectivity index is 3.09. The molecule has 0 aromatic carbocycles. The van der Waals surface area contributed by atoms with E-state index in [9.17, 15) is 14.4 Å². The standard InChI is InChI=1S/C9H10N2O5/c1-15-7(12)4-11-5-10-3-6(8(11)13)9(14)16-2/h3,5H,4H2,1-2H3. The van der Waals surface area contributed by atoms with Gasteiger partial charge in [0.2, 0.25) is 0 Å². The van der Waals surface area contributed by atoms with Crippen LogP contribution in [-0.2, 0) is 20.8 Å². The third kappa shape index (κ3) is 2.44. The summed E-state index contributed by atoms with van der Waals surface area (Å²) in [6.07, 6.45) is 2.23. The Morgan fingerprint density at radius 1 is 1.38 bits per heavy atom. The molecule has 1 aromatic rings. The van der Waals surface area contributed by atoms with Gasteiger partial charge in [-0.2, -0.15) is 0 Å². The first-order chi connectivity index (χ1) is 7.60. The van der Waals surface area contributed by atoms with Crippen LogP contribution in [0.5, 0.6) is 0 Å². The van der Waals surface area contributed by atoms with Crippen LogP contribution in [0.25, 0.3) is 0 Å². The molecule has 1 rings (SSSR count). The monoisotopic (exact) mass is 226 g/mol. The highest BCUT2D eigenvalue weighted by atomic mass is 16.5. The van der Waals surface area contributed by atoms with Crippen LogP contribution in [0.2, 0.25) is 0 Å². The van der Waals surface area contributed by atoms with Gasteiger partial charge in [-0.25, -0.2) is 9.78 Å². The van der Waals surface area contributed by atoms with Crippen molar-refractivity contribution in [3.05, 3.63) is 28.4 Å². The zero-order valence-corrected chi connectivity index (χ0v) is 8.80. The zero-order valence-electron chi connectivity index (χ0n) is 8.80. The molecule has 7 heteroatoms. The van der Waals surface area contributed by atoms with E-state index in [0.29, 0.717) is 0 Å². The van der Waals surface area contributed by atoms with Crippen molar-refractivity contribution in [3.8, 4) is 0 Å². The first-order valence-corrected chi connectivity index (χ1v) is 4.29. The summed E-state index contributed by atoms with van der Waals surface area (Å²) in [5.74, 6) is -1.40. The van der Waals surface area contributed by atoms with Gasteiger partial charge in [-0.3, -0.25) is 14.2 Å². The van der Waals surface area contributed by atoms with E-state index in [2.05, 4.69) is 14.5 Å². The van der Waals surface area contributed by atoms with Crippen molar-refractivity contribution in [2.45, 2.75) is 6.54 Å². The summed E-state index contributed by atoms with van der Waals surface area (Å²) in [5.41, 5.74) is -0.874. The van der Waals surface area contributed by atoms with Crippen molar-refractivity contribution in [3.63, 3.8) is 0 Å². The van der Waals surface area contributed by atoms with Crippen LogP contribution in [0.4, 0.5) is 0 Å². The second-order valence-corrected chi connectivity index (χ2v) is 2.81. The molecule has 0 unspecified atom stereocenters. The smallest absolute Gasteiger partial charge is 0.345 e. The summed E-state index contributed by atoms with van der Waals surface area (Å²) in [5, 5.41) is 0. The predicted octanol–water partition coefficient (Wildman–Crippen LogP) is -0.797. The van der Waals surface area contributed by atoms with Gasteiger partial charge in [0.05, 0.1) is 20.5 Å². The van der Waals surface area contributed by atoms with E-state index in [-0.39, 0.29) is 12.1 Å². The molecular formula is C9H10N2O5. The van der Waals surface area contributed by atoms with Crippen molar-refractivity contribution >= 4 is 11.9 Å². The van der Waals surface area contributed by atoms with Crippen LogP contribution in [0.15, 0.2) is 17.3 Å². The number of aromatic nitrogens is 2. The van der Waals surface area contributed by atoms with E-state index in [4.69, 9.17) is 0 Å². The molecule has 0 aliphatic carbocycles. The Labute approximate surface area is 90.6 Å². The second-order valence-electron chi connectivity index (χ2n) is 2.81. The van der Waals surface area contributed by atoms with E-state index in [0.717, 1.165) is 24.2 Å². The summed E-state index contributed by atoms with van der Waals surface area (Å²) in [7, 11) is 2.35. The molecule has 1 heterocycles. The van der Waals surface area contributed by atoms with Gasteiger partial charge < -0.3 is 9.47 Å². The molecule has 0 N–H and O–H groups in total. The molecular weight excluding hydrogens is 216 g/mol. The fourth-order valence-electron chi connectivity index (χ4n) is 1.02. The molecule has 0 radical (unpaired) electrons. The molecule has 0 spiro atoms. The van der Waals surface area contributed by atoms with Crippen LogP contribution >= 0.6 is 0 Å². The van der Waals surface area contributed by atoms with Crippen LogP contribution in [0.1, 0.15) is 10.4 Å². The topological polar surface area (TPSA) is 87.5 Å². The van der Waals surface area contributed by atoms with Crippen molar-refractivity contribution in [2.75, 3.05) is 14.2 Å². The number of hydrogen-bond acceptors (Lipinski definition) is 6. The predicted molar refractivity (Wildman–Crippen MR) is 51.9 cm³/mol. The van der Waals surface area contributed by atoms with E-state index >= 15 is 0 Å². The molecule has 1 aromatic heterocycles. The normalized spacial score (nSPS) is 9.62. The zero-order chi connectivity index (χ0) is 12.1. The van der Waals surface area contributed by atoms with Gasteiger partial charge in [0, 0.05) is 6.20 Å². The second kappa shape index (κ2) is 5.06. The number of hydrogen-bond donors (Lipinski definition) is 0. The fourth-order valence-corrected chi connectivity index (χ4v) is 1.02. The van der Waals surface area contributed by atoms with Crippen molar-refractivity contribution in [1.82, 2.24) is 9.55 Å². The Morgan fingerprint density at radius 2 is 2.06 bits per heavy atom. The third-order valence-corrected chi connectivity index (χ3v) is 1.83. The summed E-state index contributed by atoms with van der Waals surface area (Å²) in [6, 6.07) is 0. The number of nitrogens with zero attached hydrogens (tertiary/aromatic N) is 2. The van der Waals surface area contributed by atoms with E-state index in [1.165, 1.54) is 7.11 Å². The minimum Gasteiger partial charge on any atom is -0.468 e. The van der Waals surface area contributed by atoms with Gasteiger partial charge in [-0.05, 0) is 0 Å². The minimum absolute atomic E-state index is 0.228. The first-order valence-electron chi connectivity index (χ1n) is 4.29. The highest BCUT2D eigenvalue weighted by Crippen LogP contribution is 1.92. The van der Waals surface area contributed by atoms with Crippen LogP contribution in [-0.4, -0.2) is 35.7 Å². The summed E-state index contributed by atoms with van der Waals surface area (Å²) >= 11 is 0. The summed E-state index contributed by atoms with van der Waals surface area (Å²) < 4.78 is 9.76. The number of methoxy groups -OCH3 is 2. The van der Waals surface area contributed by atoms with E-state index in [1.54, 1.807) is 0 Å². The number of carbonyl (C=O) groups is 2. The number of rotatable bonds is 3. The average Bonchev–Trinajstić information content (AvgIpc) is 2.30.